The lowest BCUT2D eigenvalue weighted by Gasteiger charge is -2.10. The Labute approximate surface area is 177 Å². The summed E-state index contributed by atoms with van der Waals surface area (Å²) in [5.41, 5.74) is 2.97. The van der Waals surface area contributed by atoms with Gasteiger partial charge in [-0.3, -0.25) is 9.89 Å². The summed E-state index contributed by atoms with van der Waals surface area (Å²) in [5, 5.41) is 15.0. The first kappa shape index (κ1) is 21.7. The largest absolute Gasteiger partial charge is 0.379 e. The number of aryl methyl sites for hydroxylation is 1. The Morgan fingerprint density at radius 2 is 1.97 bits per heavy atom. The summed E-state index contributed by atoms with van der Waals surface area (Å²) < 4.78 is 28.7. The number of hydrogen-bond acceptors (Lipinski definition) is 4. The van der Waals surface area contributed by atoms with Crippen LogP contribution < -0.4 is 10.9 Å². The SMILES string of the molecule is C=C(F)/C(=C\C=C(/C)F)c1c(C)[nH]n2c(=O)c(C)c(CNc3ccc(C#N)cc3)nc12. The van der Waals surface area contributed by atoms with Crippen molar-refractivity contribution in [2.45, 2.75) is 27.3 Å². The minimum Gasteiger partial charge on any atom is -0.379 e. The smallest absolute Gasteiger partial charge is 0.275 e. The van der Waals surface area contributed by atoms with Crippen molar-refractivity contribution in [1.82, 2.24) is 14.6 Å². The van der Waals surface area contributed by atoms with Crippen LogP contribution in [0.5, 0.6) is 0 Å². The summed E-state index contributed by atoms with van der Waals surface area (Å²) in [7, 11) is 0. The number of benzene rings is 1. The molecule has 0 amide bonds. The van der Waals surface area contributed by atoms with Crippen molar-refractivity contribution < 1.29 is 8.78 Å². The van der Waals surface area contributed by atoms with E-state index in [-0.39, 0.29) is 23.3 Å². The first-order valence-corrected chi connectivity index (χ1v) is 9.47. The Balaban J connectivity index is 2.09. The fraction of sp³-hybridized carbons (Fsp3) is 0.174. The van der Waals surface area contributed by atoms with Crippen LogP contribution in [0.15, 0.2) is 59.4 Å². The topological polar surface area (TPSA) is 86.0 Å². The van der Waals surface area contributed by atoms with Gasteiger partial charge in [-0.05, 0) is 57.2 Å². The molecule has 0 saturated carbocycles. The predicted octanol–water partition coefficient (Wildman–Crippen LogP) is 4.86. The van der Waals surface area contributed by atoms with Gasteiger partial charge in [0.25, 0.3) is 5.56 Å². The first-order chi connectivity index (χ1) is 14.7. The number of hydrogen-bond donors (Lipinski definition) is 2. The molecule has 0 bridgehead atoms. The van der Waals surface area contributed by atoms with Crippen LogP contribution in [0.3, 0.4) is 0 Å². The number of aromatic nitrogens is 3. The number of nitrogens with zero attached hydrogens (tertiary/aromatic N) is 3. The Kier molecular flexibility index (Phi) is 6.16. The molecule has 2 heterocycles. The molecule has 0 radical (unpaired) electrons. The molecule has 0 aliphatic carbocycles. The molecule has 6 nitrogen and oxygen atoms in total. The second-order valence-corrected chi connectivity index (χ2v) is 7.04. The molecule has 0 fully saturated rings. The third-order valence-electron chi connectivity index (χ3n) is 4.80. The number of allylic oxidation sites excluding steroid dienone is 5. The van der Waals surface area contributed by atoms with Crippen molar-refractivity contribution in [3.8, 4) is 6.07 Å². The van der Waals surface area contributed by atoms with E-state index < -0.39 is 11.7 Å². The summed E-state index contributed by atoms with van der Waals surface area (Å²) in [4.78, 5) is 17.5. The molecule has 31 heavy (non-hydrogen) atoms. The number of H-pyrrole nitrogens is 1. The maximum Gasteiger partial charge on any atom is 0.275 e. The number of nitriles is 1. The second-order valence-electron chi connectivity index (χ2n) is 7.04. The lowest BCUT2D eigenvalue weighted by atomic mass is 10.0. The fourth-order valence-electron chi connectivity index (χ4n) is 3.16. The highest BCUT2D eigenvalue weighted by Crippen LogP contribution is 2.29. The zero-order valence-electron chi connectivity index (χ0n) is 17.4. The van der Waals surface area contributed by atoms with E-state index in [0.29, 0.717) is 28.1 Å². The number of aromatic amines is 1. The molecule has 1 aromatic carbocycles. The summed E-state index contributed by atoms with van der Waals surface area (Å²) >= 11 is 0. The lowest BCUT2D eigenvalue weighted by Crippen LogP contribution is -2.22. The summed E-state index contributed by atoms with van der Waals surface area (Å²) in [6.45, 7) is 8.16. The van der Waals surface area contributed by atoms with E-state index in [1.165, 1.54) is 17.5 Å². The molecule has 3 rings (SSSR count). The number of anilines is 1. The molecule has 2 N–H and O–H groups in total. The molecule has 0 spiro atoms. The average molecular weight is 421 g/mol. The van der Waals surface area contributed by atoms with E-state index >= 15 is 0 Å². The monoisotopic (exact) mass is 421 g/mol. The van der Waals surface area contributed by atoms with Crippen LogP contribution in [-0.2, 0) is 6.54 Å². The van der Waals surface area contributed by atoms with Crippen molar-refractivity contribution in [2.75, 3.05) is 5.32 Å². The predicted molar refractivity (Wildman–Crippen MR) is 117 cm³/mol. The van der Waals surface area contributed by atoms with E-state index in [2.05, 4.69) is 28.0 Å². The van der Waals surface area contributed by atoms with Gasteiger partial charge < -0.3 is 5.32 Å². The van der Waals surface area contributed by atoms with Crippen LogP contribution in [0.4, 0.5) is 14.5 Å². The van der Waals surface area contributed by atoms with Gasteiger partial charge in [0, 0.05) is 28.1 Å². The molecule has 0 aliphatic rings. The fourth-order valence-corrected chi connectivity index (χ4v) is 3.16. The maximum atomic E-state index is 14.2. The minimum atomic E-state index is -0.769. The molecule has 0 aliphatic heterocycles. The van der Waals surface area contributed by atoms with E-state index in [1.54, 1.807) is 38.1 Å². The third kappa shape index (κ3) is 4.46. The molecule has 0 unspecified atom stereocenters. The van der Waals surface area contributed by atoms with Crippen LogP contribution in [0, 0.1) is 25.2 Å². The van der Waals surface area contributed by atoms with Crippen LogP contribution in [-0.4, -0.2) is 14.6 Å². The molecule has 0 saturated heterocycles. The van der Waals surface area contributed by atoms with Crippen molar-refractivity contribution in [3.63, 3.8) is 0 Å². The van der Waals surface area contributed by atoms with E-state index in [9.17, 15) is 13.6 Å². The van der Waals surface area contributed by atoms with Crippen molar-refractivity contribution in [2.24, 2.45) is 0 Å². The Hall–Kier alpha value is -3.99. The van der Waals surface area contributed by atoms with Gasteiger partial charge in [-0.25, -0.2) is 18.3 Å². The number of fused-ring (bicyclic) bond motifs is 1. The van der Waals surface area contributed by atoms with Crippen molar-refractivity contribution in [3.05, 3.63) is 93.1 Å². The maximum absolute atomic E-state index is 14.2. The van der Waals surface area contributed by atoms with Crippen LogP contribution in [0.1, 0.15) is 35.0 Å². The van der Waals surface area contributed by atoms with Gasteiger partial charge in [-0.2, -0.15) is 5.26 Å². The quantitative estimate of drug-likeness (QED) is 0.557. The number of halogens is 2. The van der Waals surface area contributed by atoms with Gasteiger partial charge >= 0.3 is 0 Å². The van der Waals surface area contributed by atoms with Gasteiger partial charge in [0.1, 0.15) is 5.83 Å². The summed E-state index contributed by atoms with van der Waals surface area (Å²) in [5.74, 6) is -1.27. The average Bonchev–Trinajstić information content (AvgIpc) is 3.06. The van der Waals surface area contributed by atoms with Crippen LogP contribution in [0.25, 0.3) is 11.2 Å². The zero-order chi connectivity index (χ0) is 22.7. The Morgan fingerprint density at radius 3 is 2.55 bits per heavy atom. The van der Waals surface area contributed by atoms with Crippen LogP contribution in [0.2, 0.25) is 0 Å². The second kappa shape index (κ2) is 8.79. The molecular weight excluding hydrogens is 400 g/mol. The van der Waals surface area contributed by atoms with Gasteiger partial charge in [0.15, 0.2) is 5.65 Å². The first-order valence-electron chi connectivity index (χ1n) is 9.47. The van der Waals surface area contributed by atoms with Gasteiger partial charge in [0.2, 0.25) is 0 Å². The molecule has 0 atom stereocenters. The standard InChI is InChI=1S/C23H21F2N5O/c1-13(24)5-10-19(15(3)25)21-16(4)29-30-22(21)28-20(14(2)23(30)31)12-27-18-8-6-17(11-26)7-9-18/h5-10,27,29H,3,12H2,1-2,4H3/b13-5+,19-10+. The Morgan fingerprint density at radius 1 is 1.29 bits per heavy atom. The van der Waals surface area contributed by atoms with Crippen LogP contribution >= 0.6 is 0 Å². The van der Waals surface area contributed by atoms with Gasteiger partial charge in [-0.15, -0.1) is 0 Å². The van der Waals surface area contributed by atoms with Gasteiger partial charge in [-0.1, -0.05) is 6.58 Å². The van der Waals surface area contributed by atoms with E-state index in [0.717, 1.165) is 11.8 Å². The zero-order valence-corrected chi connectivity index (χ0v) is 17.4. The molecule has 8 heteroatoms. The normalized spacial score (nSPS) is 12.1. The highest BCUT2D eigenvalue weighted by atomic mass is 19.1. The minimum absolute atomic E-state index is 0.0370. The molecular formula is C23H21F2N5O. The van der Waals surface area contributed by atoms with E-state index in [1.807, 2.05) is 0 Å². The van der Waals surface area contributed by atoms with Crippen molar-refractivity contribution in [1.29, 1.82) is 5.26 Å². The Bertz CT molecular complexity index is 1320. The van der Waals surface area contributed by atoms with Crippen molar-refractivity contribution >= 4 is 16.9 Å². The summed E-state index contributed by atoms with van der Waals surface area (Å²) in [6, 6.07) is 8.92. The lowest BCUT2D eigenvalue weighted by molar-refractivity contribution is 0.640. The highest BCUT2D eigenvalue weighted by Gasteiger charge is 2.20. The molecule has 3 aromatic rings. The third-order valence-corrected chi connectivity index (χ3v) is 4.80. The highest BCUT2D eigenvalue weighted by molar-refractivity contribution is 5.86. The molecule has 2 aromatic heterocycles. The number of rotatable bonds is 6. The van der Waals surface area contributed by atoms with E-state index in [4.69, 9.17) is 5.26 Å². The van der Waals surface area contributed by atoms with Gasteiger partial charge in [0.05, 0.1) is 29.7 Å². The number of nitrogens with one attached hydrogen (secondary N) is 2. The molecule has 158 valence electrons. The summed E-state index contributed by atoms with van der Waals surface area (Å²) in [6.07, 6.45) is 2.40.